The largest absolute Gasteiger partial charge is 0.353 e. The average molecular weight is 398 g/mol. The zero-order chi connectivity index (χ0) is 21.4. The predicted molar refractivity (Wildman–Crippen MR) is 115 cm³/mol. The van der Waals surface area contributed by atoms with E-state index in [0.717, 1.165) is 17.3 Å². The van der Waals surface area contributed by atoms with Gasteiger partial charge >= 0.3 is 0 Å². The fourth-order valence-corrected chi connectivity index (χ4v) is 3.20. The summed E-state index contributed by atoms with van der Waals surface area (Å²) in [4.78, 5) is 40.4. The number of pyridine rings is 1. The van der Waals surface area contributed by atoms with E-state index in [0.29, 0.717) is 31.9 Å². The van der Waals surface area contributed by atoms with Crippen LogP contribution in [0.25, 0.3) is 0 Å². The van der Waals surface area contributed by atoms with Crippen LogP contribution < -0.4 is 10.5 Å². The Morgan fingerprint density at radius 3 is 2.17 bits per heavy atom. The lowest BCUT2D eigenvalue weighted by Gasteiger charge is -2.36. The van der Waals surface area contributed by atoms with Crippen LogP contribution in [0.3, 0.4) is 0 Å². The standard InChI is InChI=1S/C22H31N5O2/c1-21(2,3)16-14-17(25-20(24-16)22(4,5)6)26-10-12-27(13-11-26)19(29)15-8-7-9-18(28)23-15/h7-9,14H,10-13H2,1-6H3,(H,23,28). The van der Waals surface area contributed by atoms with Crippen LogP contribution in [0.15, 0.2) is 29.1 Å². The van der Waals surface area contributed by atoms with E-state index in [-0.39, 0.29) is 22.3 Å². The minimum atomic E-state index is -0.264. The van der Waals surface area contributed by atoms with Gasteiger partial charge in [-0.25, -0.2) is 9.97 Å². The highest BCUT2D eigenvalue weighted by Gasteiger charge is 2.28. The second-order valence-electron chi connectivity index (χ2n) is 9.64. The number of anilines is 1. The average Bonchev–Trinajstić information content (AvgIpc) is 2.66. The molecule has 7 heteroatoms. The van der Waals surface area contributed by atoms with E-state index in [1.807, 2.05) is 0 Å². The zero-order valence-electron chi connectivity index (χ0n) is 18.2. The Labute approximate surface area is 172 Å². The molecule has 0 spiro atoms. The summed E-state index contributed by atoms with van der Waals surface area (Å²) in [6.07, 6.45) is 0. The minimum absolute atomic E-state index is 0.0747. The highest BCUT2D eigenvalue weighted by molar-refractivity contribution is 5.92. The van der Waals surface area contributed by atoms with Crippen LogP contribution >= 0.6 is 0 Å². The number of piperazine rings is 1. The van der Waals surface area contributed by atoms with Crippen molar-refractivity contribution < 1.29 is 4.79 Å². The number of carbonyl (C=O) groups excluding carboxylic acids is 1. The lowest BCUT2D eigenvalue weighted by Crippen LogP contribution is -2.49. The van der Waals surface area contributed by atoms with E-state index < -0.39 is 0 Å². The number of hydrogen-bond donors (Lipinski definition) is 1. The van der Waals surface area contributed by atoms with Crippen LogP contribution in [0.5, 0.6) is 0 Å². The molecule has 2 aromatic rings. The highest BCUT2D eigenvalue weighted by Crippen LogP contribution is 2.28. The van der Waals surface area contributed by atoms with Gasteiger partial charge in [0, 0.05) is 49.1 Å². The third kappa shape index (κ3) is 4.83. The highest BCUT2D eigenvalue weighted by atomic mass is 16.2. The molecular formula is C22H31N5O2. The molecule has 2 aromatic heterocycles. The molecular weight excluding hydrogens is 366 g/mol. The molecule has 7 nitrogen and oxygen atoms in total. The number of amides is 1. The molecule has 0 aliphatic carbocycles. The van der Waals surface area contributed by atoms with E-state index in [1.54, 1.807) is 17.0 Å². The summed E-state index contributed by atoms with van der Waals surface area (Å²) in [6, 6.07) is 6.72. The SMILES string of the molecule is CC(C)(C)c1cc(N2CCN(C(=O)c3cccc(=O)[nH]3)CC2)nc(C(C)(C)C)n1. The summed E-state index contributed by atoms with van der Waals surface area (Å²) in [6.45, 7) is 15.4. The molecule has 3 heterocycles. The molecule has 1 amide bonds. The number of carbonyl (C=O) groups is 1. The Kier molecular flexibility index (Phi) is 5.52. The first kappa shape index (κ1) is 21.0. The molecule has 1 aliphatic rings. The molecule has 3 rings (SSSR count). The molecule has 0 bridgehead atoms. The van der Waals surface area contributed by atoms with Crippen molar-refractivity contribution in [1.82, 2.24) is 19.9 Å². The number of hydrogen-bond acceptors (Lipinski definition) is 5. The third-order valence-electron chi connectivity index (χ3n) is 5.04. The Balaban J connectivity index is 1.80. The van der Waals surface area contributed by atoms with Gasteiger partial charge in [0.05, 0.1) is 5.69 Å². The van der Waals surface area contributed by atoms with E-state index >= 15 is 0 Å². The number of rotatable bonds is 2. The summed E-state index contributed by atoms with van der Waals surface area (Å²) < 4.78 is 0. The molecule has 0 aromatic carbocycles. The first-order valence-corrected chi connectivity index (χ1v) is 10.1. The van der Waals surface area contributed by atoms with Crippen LogP contribution in [0.4, 0.5) is 5.82 Å². The molecule has 0 radical (unpaired) electrons. The Morgan fingerprint density at radius 1 is 0.966 bits per heavy atom. The Bertz CT molecular complexity index is 912. The molecule has 0 saturated carbocycles. The first-order chi connectivity index (χ1) is 13.4. The lowest BCUT2D eigenvalue weighted by atomic mass is 9.90. The fourth-order valence-electron chi connectivity index (χ4n) is 3.20. The second-order valence-corrected chi connectivity index (χ2v) is 9.64. The number of aromatic nitrogens is 3. The van der Waals surface area contributed by atoms with Crippen LogP contribution in [-0.2, 0) is 10.8 Å². The maximum absolute atomic E-state index is 12.7. The molecule has 29 heavy (non-hydrogen) atoms. The molecule has 1 N–H and O–H groups in total. The molecule has 1 saturated heterocycles. The van der Waals surface area contributed by atoms with Gasteiger partial charge in [-0.05, 0) is 6.07 Å². The van der Waals surface area contributed by atoms with Crippen LogP contribution in [0, 0.1) is 0 Å². The topological polar surface area (TPSA) is 82.2 Å². The van der Waals surface area contributed by atoms with Crippen molar-refractivity contribution in [1.29, 1.82) is 0 Å². The van der Waals surface area contributed by atoms with Crippen molar-refractivity contribution in [3.8, 4) is 0 Å². The summed E-state index contributed by atoms with van der Waals surface area (Å²) in [5.41, 5.74) is 0.868. The number of nitrogens with one attached hydrogen (secondary N) is 1. The van der Waals surface area contributed by atoms with Gasteiger partial charge in [-0.1, -0.05) is 47.6 Å². The zero-order valence-corrected chi connectivity index (χ0v) is 18.2. The minimum Gasteiger partial charge on any atom is -0.353 e. The molecule has 1 fully saturated rings. The summed E-state index contributed by atoms with van der Waals surface area (Å²) in [5, 5.41) is 0. The van der Waals surface area contributed by atoms with Gasteiger partial charge in [0.2, 0.25) is 5.56 Å². The molecule has 0 unspecified atom stereocenters. The van der Waals surface area contributed by atoms with Gasteiger partial charge < -0.3 is 14.8 Å². The maximum Gasteiger partial charge on any atom is 0.270 e. The first-order valence-electron chi connectivity index (χ1n) is 10.1. The normalized spacial score (nSPS) is 15.5. The van der Waals surface area contributed by atoms with Crippen LogP contribution in [0.2, 0.25) is 0 Å². The van der Waals surface area contributed by atoms with Crippen LogP contribution in [-0.4, -0.2) is 51.9 Å². The number of nitrogens with zero attached hydrogens (tertiary/aromatic N) is 4. The molecule has 0 atom stereocenters. The Hall–Kier alpha value is -2.70. The van der Waals surface area contributed by atoms with Gasteiger partial charge in [-0.3, -0.25) is 9.59 Å². The van der Waals surface area contributed by atoms with Crippen molar-refractivity contribution in [3.63, 3.8) is 0 Å². The smallest absolute Gasteiger partial charge is 0.270 e. The summed E-state index contributed by atoms with van der Waals surface area (Å²) in [7, 11) is 0. The van der Waals surface area contributed by atoms with Crippen molar-refractivity contribution in [2.75, 3.05) is 31.1 Å². The monoisotopic (exact) mass is 397 g/mol. The van der Waals surface area contributed by atoms with Gasteiger partial charge in [0.1, 0.15) is 17.3 Å². The lowest BCUT2D eigenvalue weighted by molar-refractivity contribution is 0.0740. The van der Waals surface area contributed by atoms with E-state index in [4.69, 9.17) is 9.97 Å². The van der Waals surface area contributed by atoms with E-state index in [2.05, 4.69) is 57.5 Å². The summed E-state index contributed by atoms with van der Waals surface area (Å²) >= 11 is 0. The molecule has 1 aliphatic heterocycles. The third-order valence-corrected chi connectivity index (χ3v) is 5.04. The van der Waals surface area contributed by atoms with Gasteiger partial charge in [0.15, 0.2) is 0 Å². The van der Waals surface area contributed by atoms with Gasteiger partial charge in [-0.15, -0.1) is 0 Å². The quantitative estimate of drug-likeness (QED) is 0.843. The van der Waals surface area contributed by atoms with Crippen LogP contribution in [0.1, 0.15) is 63.5 Å². The number of aromatic amines is 1. The molecule has 156 valence electrons. The Morgan fingerprint density at radius 2 is 1.62 bits per heavy atom. The van der Waals surface area contributed by atoms with Crippen molar-refractivity contribution >= 4 is 11.7 Å². The van der Waals surface area contributed by atoms with Crippen molar-refractivity contribution in [2.24, 2.45) is 0 Å². The van der Waals surface area contributed by atoms with Crippen molar-refractivity contribution in [2.45, 2.75) is 52.4 Å². The predicted octanol–water partition coefficient (Wildman–Crippen LogP) is 2.72. The van der Waals surface area contributed by atoms with Gasteiger partial charge in [-0.2, -0.15) is 0 Å². The van der Waals surface area contributed by atoms with Gasteiger partial charge in [0.25, 0.3) is 5.91 Å². The van der Waals surface area contributed by atoms with E-state index in [1.165, 1.54) is 6.07 Å². The summed E-state index contributed by atoms with van der Waals surface area (Å²) in [5.74, 6) is 1.60. The van der Waals surface area contributed by atoms with E-state index in [9.17, 15) is 9.59 Å². The number of H-pyrrole nitrogens is 1. The maximum atomic E-state index is 12.7. The van der Waals surface area contributed by atoms with Crippen molar-refractivity contribution in [3.05, 3.63) is 51.8 Å². The second kappa shape index (κ2) is 7.61. The fraction of sp³-hybridized carbons (Fsp3) is 0.545.